The summed E-state index contributed by atoms with van der Waals surface area (Å²) >= 11 is 5.75. The van der Waals surface area contributed by atoms with Gasteiger partial charge in [0.05, 0.1) is 37.1 Å². The van der Waals surface area contributed by atoms with Crippen LogP contribution in [0.4, 0.5) is 5.69 Å². The summed E-state index contributed by atoms with van der Waals surface area (Å²) in [5.74, 6) is 0.985. The summed E-state index contributed by atoms with van der Waals surface area (Å²) in [5, 5.41) is 14.1. The SMILES string of the molecule is CCCCC1(CCCC)NC(c2cccc(NC(=S)NCCC[N+]34CCC(CC3)CC4)c2)c2cc(CC)ccc2S(=O)(=O)C1NC. The van der Waals surface area contributed by atoms with Gasteiger partial charge in [-0.15, -0.1) is 0 Å². The van der Waals surface area contributed by atoms with E-state index in [1.165, 1.54) is 49.9 Å². The van der Waals surface area contributed by atoms with Crippen molar-refractivity contribution in [2.75, 3.05) is 45.1 Å². The van der Waals surface area contributed by atoms with Crippen LogP contribution in [0.5, 0.6) is 0 Å². The van der Waals surface area contributed by atoms with E-state index >= 15 is 0 Å². The molecule has 0 saturated carbocycles. The molecule has 3 saturated heterocycles. The van der Waals surface area contributed by atoms with Gasteiger partial charge in [0.15, 0.2) is 14.9 Å². The minimum Gasteiger partial charge on any atom is -0.362 e. The summed E-state index contributed by atoms with van der Waals surface area (Å²) in [6.45, 7) is 12.6. The summed E-state index contributed by atoms with van der Waals surface area (Å²) in [4.78, 5) is 0.427. The molecule has 3 fully saturated rings. The zero-order valence-electron chi connectivity index (χ0n) is 28.7. The van der Waals surface area contributed by atoms with E-state index in [-0.39, 0.29) is 6.04 Å². The number of benzene rings is 2. The van der Waals surface area contributed by atoms with Gasteiger partial charge in [0.2, 0.25) is 0 Å². The standard InChI is InChI=1S/C37H57N5O2S2/c1-5-8-19-37(20-9-6-2)35(38-4)46(43,44)33-15-14-28(7-3)26-32(33)34(41-37)30-12-10-13-31(27-30)40-36(45)39-21-11-22-42-23-16-29(17-24-42)18-25-42/h10,12-15,26-27,29,34-35,38,41H,5-9,11,16-25H2,1-4H3,(H-,39,40,45)/p+1. The van der Waals surface area contributed by atoms with Gasteiger partial charge in [0, 0.05) is 24.2 Å². The first kappa shape index (κ1) is 35.3. The van der Waals surface area contributed by atoms with Gasteiger partial charge >= 0.3 is 0 Å². The maximum atomic E-state index is 14.5. The Hall–Kier alpha value is -2.04. The number of hydrogen-bond donors (Lipinski definition) is 4. The fourth-order valence-corrected chi connectivity index (χ4v) is 10.9. The van der Waals surface area contributed by atoms with Crippen molar-refractivity contribution in [3.8, 4) is 0 Å². The molecule has 9 heteroatoms. The lowest BCUT2D eigenvalue weighted by atomic mass is 9.83. The Balaban J connectivity index is 1.39. The molecule has 6 rings (SSSR count). The quantitative estimate of drug-likeness (QED) is 0.102. The topological polar surface area (TPSA) is 82.3 Å². The highest BCUT2D eigenvalue weighted by Gasteiger charge is 2.50. The number of rotatable bonds is 14. The van der Waals surface area contributed by atoms with E-state index in [1.54, 1.807) is 7.05 Å². The van der Waals surface area contributed by atoms with Gasteiger partial charge < -0.3 is 20.4 Å². The van der Waals surface area contributed by atoms with Gasteiger partial charge in [-0.05, 0) is 98.6 Å². The molecule has 4 aliphatic heterocycles. The van der Waals surface area contributed by atoms with Crippen molar-refractivity contribution in [2.24, 2.45) is 5.92 Å². The molecule has 2 aromatic rings. The summed E-state index contributed by atoms with van der Waals surface area (Å²) in [6, 6.07) is 14.0. The van der Waals surface area contributed by atoms with Crippen molar-refractivity contribution >= 4 is 32.9 Å². The Bertz CT molecular complexity index is 1420. The predicted octanol–water partition coefficient (Wildman–Crippen LogP) is 6.69. The van der Waals surface area contributed by atoms with E-state index in [0.29, 0.717) is 10.0 Å². The molecule has 0 amide bonds. The number of anilines is 1. The number of aryl methyl sites for hydroxylation is 1. The smallest absolute Gasteiger partial charge is 0.196 e. The molecular formula is C37H58N5O2S2+. The first-order valence-corrected chi connectivity index (χ1v) is 20.0. The maximum absolute atomic E-state index is 14.5. The van der Waals surface area contributed by atoms with E-state index in [4.69, 9.17) is 12.2 Å². The summed E-state index contributed by atoms with van der Waals surface area (Å²) in [6.07, 6.45) is 11.7. The third-order valence-electron chi connectivity index (χ3n) is 11.2. The van der Waals surface area contributed by atoms with Crippen molar-refractivity contribution in [3.05, 3.63) is 59.2 Å². The van der Waals surface area contributed by atoms with Crippen LogP contribution in [0.2, 0.25) is 0 Å². The van der Waals surface area contributed by atoms with E-state index in [1.807, 2.05) is 18.2 Å². The average Bonchev–Trinajstić information content (AvgIpc) is 3.15. The van der Waals surface area contributed by atoms with Crippen LogP contribution in [0.1, 0.15) is 108 Å². The summed E-state index contributed by atoms with van der Waals surface area (Å²) in [7, 11) is -1.88. The number of hydrogen-bond acceptors (Lipinski definition) is 5. The Labute approximate surface area is 284 Å². The molecule has 7 nitrogen and oxygen atoms in total. The molecule has 46 heavy (non-hydrogen) atoms. The number of nitrogens with zero attached hydrogens (tertiary/aromatic N) is 1. The molecule has 0 aliphatic carbocycles. The highest BCUT2D eigenvalue weighted by molar-refractivity contribution is 7.92. The minimum atomic E-state index is -3.68. The summed E-state index contributed by atoms with van der Waals surface area (Å²) in [5.41, 5.74) is 3.30. The van der Waals surface area contributed by atoms with E-state index in [2.05, 4.69) is 66.3 Å². The lowest BCUT2D eigenvalue weighted by Crippen LogP contribution is -2.61. The second kappa shape index (κ2) is 15.5. The van der Waals surface area contributed by atoms with Crippen LogP contribution >= 0.6 is 12.2 Å². The average molecular weight is 669 g/mol. The van der Waals surface area contributed by atoms with Crippen molar-refractivity contribution in [1.29, 1.82) is 0 Å². The van der Waals surface area contributed by atoms with Crippen LogP contribution in [0.25, 0.3) is 0 Å². The lowest BCUT2D eigenvalue weighted by molar-refractivity contribution is -0.942. The second-order valence-corrected chi connectivity index (χ2v) is 16.6. The van der Waals surface area contributed by atoms with Gasteiger partial charge in [-0.25, -0.2) is 8.42 Å². The molecule has 0 spiro atoms. The number of fused-ring (bicyclic) bond motifs is 4. The van der Waals surface area contributed by atoms with Gasteiger partial charge in [-0.1, -0.05) is 70.7 Å². The van der Waals surface area contributed by atoms with Crippen LogP contribution in [-0.4, -0.2) is 68.7 Å². The second-order valence-electron chi connectivity index (χ2n) is 14.2. The molecule has 4 heterocycles. The molecule has 254 valence electrons. The van der Waals surface area contributed by atoms with Crippen LogP contribution in [0.3, 0.4) is 0 Å². The molecule has 2 unspecified atom stereocenters. The lowest BCUT2D eigenvalue weighted by Gasteiger charge is -2.49. The monoisotopic (exact) mass is 668 g/mol. The minimum absolute atomic E-state index is 0.283. The summed E-state index contributed by atoms with van der Waals surface area (Å²) < 4.78 is 30.3. The number of likely N-dealkylation sites (N-methyl/N-ethyl adjacent to an activating group) is 1. The normalized spacial score (nSPS) is 26.2. The van der Waals surface area contributed by atoms with Gasteiger partial charge in [0.1, 0.15) is 5.37 Å². The molecule has 0 radical (unpaired) electrons. The van der Waals surface area contributed by atoms with Crippen molar-refractivity contribution in [3.63, 3.8) is 0 Å². The third-order valence-corrected chi connectivity index (χ3v) is 13.7. The predicted molar refractivity (Wildman–Crippen MR) is 195 cm³/mol. The van der Waals surface area contributed by atoms with Crippen molar-refractivity contribution < 1.29 is 12.9 Å². The Morgan fingerprint density at radius 3 is 2.30 bits per heavy atom. The van der Waals surface area contributed by atoms with Gasteiger partial charge in [-0.2, -0.15) is 0 Å². The van der Waals surface area contributed by atoms with Crippen LogP contribution in [0, 0.1) is 5.92 Å². The highest BCUT2D eigenvalue weighted by Crippen LogP contribution is 2.42. The number of nitrogens with one attached hydrogen (secondary N) is 4. The zero-order valence-corrected chi connectivity index (χ0v) is 30.3. The Morgan fingerprint density at radius 2 is 1.67 bits per heavy atom. The number of unbranched alkanes of at least 4 members (excludes halogenated alkanes) is 2. The van der Waals surface area contributed by atoms with Crippen LogP contribution < -0.4 is 21.3 Å². The first-order valence-electron chi connectivity index (χ1n) is 18.0. The fraction of sp³-hybridized carbons (Fsp3) is 0.649. The fourth-order valence-electron chi connectivity index (χ4n) is 8.44. The van der Waals surface area contributed by atoms with E-state index < -0.39 is 20.8 Å². The zero-order chi connectivity index (χ0) is 32.8. The van der Waals surface area contributed by atoms with Crippen LogP contribution in [0.15, 0.2) is 47.4 Å². The molecule has 0 aromatic heterocycles. The van der Waals surface area contributed by atoms with E-state index in [0.717, 1.165) is 86.2 Å². The number of quaternary nitrogens is 1. The number of thiocarbonyl (C=S) groups is 1. The third kappa shape index (κ3) is 7.64. The highest BCUT2D eigenvalue weighted by atomic mass is 32.2. The van der Waals surface area contributed by atoms with Crippen molar-refractivity contribution in [2.45, 2.75) is 113 Å². The molecule has 4 N–H and O–H groups in total. The molecule has 2 aromatic carbocycles. The molecular weight excluding hydrogens is 611 g/mol. The molecule has 4 aliphatic rings. The van der Waals surface area contributed by atoms with Gasteiger partial charge in [0.25, 0.3) is 0 Å². The number of piperidine rings is 3. The Kier molecular flexibility index (Phi) is 11.8. The Morgan fingerprint density at radius 1 is 0.978 bits per heavy atom. The number of sulfone groups is 1. The van der Waals surface area contributed by atoms with E-state index in [9.17, 15) is 8.42 Å². The van der Waals surface area contributed by atoms with Crippen molar-refractivity contribution in [1.82, 2.24) is 16.0 Å². The van der Waals surface area contributed by atoms with Crippen LogP contribution in [-0.2, 0) is 16.3 Å². The maximum Gasteiger partial charge on any atom is 0.196 e. The first-order chi connectivity index (χ1) is 22.2. The largest absolute Gasteiger partial charge is 0.362 e. The molecule has 2 bridgehead atoms. The molecule has 2 atom stereocenters. The van der Waals surface area contributed by atoms with Gasteiger partial charge in [-0.3, -0.25) is 5.32 Å².